The predicted molar refractivity (Wildman–Crippen MR) is 108 cm³/mol. The van der Waals surface area contributed by atoms with Crippen LogP contribution in [0, 0.1) is 13.8 Å². The molecule has 0 fully saturated rings. The molecular formula is C19H28N8O. The fraction of sp³-hybridized carbons (Fsp3) is 0.474. The van der Waals surface area contributed by atoms with Crippen molar-refractivity contribution >= 4 is 5.96 Å². The van der Waals surface area contributed by atoms with Gasteiger partial charge >= 0.3 is 0 Å². The number of aryl methyl sites for hydroxylation is 3. The highest BCUT2D eigenvalue weighted by Crippen LogP contribution is 2.14. The fourth-order valence-corrected chi connectivity index (χ4v) is 2.88. The maximum atomic E-state index is 5.31. The fourth-order valence-electron chi connectivity index (χ4n) is 2.88. The molecule has 3 N–H and O–H groups in total. The van der Waals surface area contributed by atoms with E-state index < -0.39 is 0 Å². The molecule has 0 aliphatic rings. The highest BCUT2D eigenvalue weighted by Gasteiger charge is 2.08. The number of H-pyrrole nitrogens is 1. The van der Waals surface area contributed by atoms with Crippen molar-refractivity contribution in [3.8, 4) is 11.6 Å². The Labute approximate surface area is 164 Å². The van der Waals surface area contributed by atoms with Crippen LogP contribution >= 0.6 is 0 Å². The Morgan fingerprint density at radius 3 is 2.93 bits per heavy atom. The maximum absolute atomic E-state index is 5.31. The number of aromatic amines is 1. The van der Waals surface area contributed by atoms with Crippen LogP contribution in [-0.4, -0.2) is 50.6 Å². The summed E-state index contributed by atoms with van der Waals surface area (Å²) < 4.78 is 7.34. The molecule has 0 aliphatic heterocycles. The number of aromatic nitrogens is 5. The molecule has 0 bridgehead atoms. The van der Waals surface area contributed by atoms with Crippen LogP contribution in [0.3, 0.4) is 0 Å². The molecule has 3 heterocycles. The van der Waals surface area contributed by atoms with Gasteiger partial charge in [0.1, 0.15) is 5.82 Å². The zero-order chi connectivity index (χ0) is 19.8. The van der Waals surface area contributed by atoms with E-state index in [-0.39, 0.29) is 0 Å². The molecular weight excluding hydrogens is 356 g/mol. The monoisotopic (exact) mass is 384 g/mol. The molecule has 3 aromatic rings. The Balaban J connectivity index is 1.43. The number of nitrogens with zero attached hydrogens (tertiary/aromatic N) is 5. The zero-order valence-electron chi connectivity index (χ0n) is 16.7. The van der Waals surface area contributed by atoms with Crippen molar-refractivity contribution in [3.63, 3.8) is 0 Å². The van der Waals surface area contributed by atoms with E-state index >= 15 is 0 Å². The Kier molecular flexibility index (Phi) is 6.83. The molecule has 0 spiro atoms. The van der Waals surface area contributed by atoms with Crippen molar-refractivity contribution in [2.45, 2.75) is 40.2 Å². The van der Waals surface area contributed by atoms with Gasteiger partial charge in [-0.25, -0.2) is 4.98 Å². The van der Waals surface area contributed by atoms with Crippen LogP contribution in [-0.2, 0) is 13.0 Å². The first-order valence-electron chi connectivity index (χ1n) is 9.64. The van der Waals surface area contributed by atoms with Crippen LogP contribution < -0.4 is 10.6 Å². The largest absolute Gasteiger partial charge is 0.461 e. The summed E-state index contributed by atoms with van der Waals surface area (Å²) in [4.78, 5) is 9.08. The summed E-state index contributed by atoms with van der Waals surface area (Å²) >= 11 is 0. The first-order valence-corrected chi connectivity index (χ1v) is 9.64. The van der Waals surface area contributed by atoms with Gasteiger partial charge in [0.2, 0.25) is 5.82 Å². The lowest BCUT2D eigenvalue weighted by atomic mass is 10.4. The van der Waals surface area contributed by atoms with Gasteiger partial charge in [-0.1, -0.05) is 0 Å². The Morgan fingerprint density at radius 2 is 2.21 bits per heavy atom. The normalized spacial score (nSPS) is 11.8. The molecule has 150 valence electrons. The van der Waals surface area contributed by atoms with Gasteiger partial charge in [0.15, 0.2) is 11.7 Å². The van der Waals surface area contributed by atoms with Crippen LogP contribution in [0.25, 0.3) is 11.6 Å². The Bertz CT molecular complexity index is 878. The van der Waals surface area contributed by atoms with Gasteiger partial charge in [-0.3, -0.25) is 14.8 Å². The first kappa shape index (κ1) is 19.7. The number of nitrogens with one attached hydrogen (secondary N) is 3. The van der Waals surface area contributed by atoms with Gasteiger partial charge in [0, 0.05) is 38.3 Å². The van der Waals surface area contributed by atoms with Crippen LogP contribution in [0.4, 0.5) is 0 Å². The van der Waals surface area contributed by atoms with E-state index in [1.165, 1.54) is 5.69 Å². The van der Waals surface area contributed by atoms with Crippen LogP contribution in [0.1, 0.15) is 30.6 Å². The summed E-state index contributed by atoms with van der Waals surface area (Å²) in [6.07, 6.45) is 3.26. The second-order valence-electron chi connectivity index (χ2n) is 6.52. The van der Waals surface area contributed by atoms with Crippen molar-refractivity contribution in [2.75, 3.05) is 19.6 Å². The van der Waals surface area contributed by atoms with Crippen molar-refractivity contribution in [3.05, 3.63) is 41.7 Å². The molecule has 0 unspecified atom stereocenters. The Hall–Kier alpha value is -3.10. The summed E-state index contributed by atoms with van der Waals surface area (Å²) in [5, 5.41) is 18.2. The minimum absolute atomic E-state index is 0.574. The van der Waals surface area contributed by atoms with E-state index in [1.807, 2.05) is 23.7 Å². The van der Waals surface area contributed by atoms with E-state index in [2.05, 4.69) is 55.8 Å². The lowest BCUT2D eigenvalue weighted by molar-refractivity contribution is 0.567. The quantitative estimate of drug-likeness (QED) is 0.296. The molecule has 28 heavy (non-hydrogen) atoms. The van der Waals surface area contributed by atoms with Crippen LogP contribution in [0.5, 0.6) is 0 Å². The SMILES string of the molecule is CCNC(=NCCCn1nc(C)cc1C)NCCc1nc(-c2ccco2)n[nH]1. The topological polar surface area (TPSA) is 109 Å². The molecule has 9 heteroatoms. The van der Waals surface area contributed by atoms with Crippen LogP contribution in [0.2, 0.25) is 0 Å². The molecule has 0 radical (unpaired) electrons. The lowest BCUT2D eigenvalue weighted by Crippen LogP contribution is -2.38. The third-order valence-corrected chi connectivity index (χ3v) is 4.17. The number of hydrogen-bond acceptors (Lipinski definition) is 5. The maximum Gasteiger partial charge on any atom is 0.216 e. The van der Waals surface area contributed by atoms with Crippen molar-refractivity contribution in [1.82, 2.24) is 35.6 Å². The third-order valence-electron chi connectivity index (χ3n) is 4.17. The molecule has 9 nitrogen and oxygen atoms in total. The van der Waals surface area contributed by atoms with Gasteiger partial charge in [0.05, 0.1) is 12.0 Å². The van der Waals surface area contributed by atoms with E-state index in [9.17, 15) is 0 Å². The van der Waals surface area contributed by atoms with Crippen molar-refractivity contribution in [2.24, 2.45) is 4.99 Å². The van der Waals surface area contributed by atoms with Crippen molar-refractivity contribution in [1.29, 1.82) is 0 Å². The Morgan fingerprint density at radius 1 is 1.32 bits per heavy atom. The number of hydrogen-bond donors (Lipinski definition) is 3. The summed E-state index contributed by atoms with van der Waals surface area (Å²) in [6, 6.07) is 5.75. The van der Waals surface area contributed by atoms with Crippen molar-refractivity contribution < 1.29 is 4.42 Å². The predicted octanol–water partition coefficient (Wildman–Crippen LogP) is 2.07. The zero-order valence-corrected chi connectivity index (χ0v) is 16.7. The van der Waals surface area contributed by atoms with Gasteiger partial charge < -0.3 is 15.1 Å². The standard InChI is InChI=1S/C19H28N8O/c1-4-20-19(21-9-6-11-27-15(3)13-14(2)26-27)22-10-8-17-23-18(25-24-17)16-7-5-12-28-16/h5,7,12-13H,4,6,8-11H2,1-3H3,(H2,20,21,22)(H,23,24,25). The number of aliphatic imine (C=N–C) groups is 1. The summed E-state index contributed by atoms with van der Waals surface area (Å²) in [6.45, 7) is 9.27. The molecule has 3 aromatic heterocycles. The lowest BCUT2D eigenvalue weighted by Gasteiger charge is -2.10. The highest BCUT2D eigenvalue weighted by molar-refractivity contribution is 5.79. The molecule has 0 aliphatic carbocycles. The van der Waals surface area contributed by atoms with E-state index in [0.717, 1.165) is 43.5 Å². The molecule has 0 atom stereocenters. The van der Waals surface area contributed by atoms with Gasteiger partial charge in [0.25, 0.3) is 0 Å². The molecule has 0 saturated carbocycles. The number of guanidine groups is 1. The van der Waals surface area contributed by atoms with E-state index in [4.69, 9.17) is 4.42 Å². The second-order valence-corrected chi connectivity index (χ2v) is 6.52. The number of furan rings is 1. The molecule has 3 rings (SSSR count). The minimum Gasteiger partial charge on any atom is -0.461 e. The first-order chi connectivity index (χ1) is 13.7. The molecule has 0 aromatic carbocycles. The van der Waals surface area contributed by atoms with Gasteiger partial charge in [-0.2, -0.15) is 10.2 Å². The summed E-state index contributed by atoms with van der Waals surface area (Å²) in [5.74, 6) is 2.85. The van der Waals surface area contributed by atoms with Gasteiger partial charge in [-0.15, -0.1) is 0 Å². The van der Waals surface area contributed by atoms with E-state index in [1.54, 1.807) is 6.26 Å². The third kappa shape index (κ3) is 5.45. The number of rotatable bonds is 9. The highest BCUT2D eigenvalue weighted by atomic mass is 16.3. The smallest absolute Gasteiger partial charge is 0.216 e. The minimum atomic E-state index is 0.574. The van der Waals surface area contributed by atoms with Crippen LogP contribution in [0.15, 0.2) is 33.9 Å². The molecule has 0 saturated heterocycles. The van der Waals surface area contributed by atoms with E-state index in [0.29, 0.717) is 24.6 Å². The molecule has 0 amide bonds. The second kappa shape index (κ2) is 9.72. The van der Waals surface area contributed by atoms with Gasteiger partial charge in [-0.05, 0) is 45.4 Å². The average molecular weight is 384 g/mol. The summed E-state index contributed by atoms with van der Waals surface area (Å²) in [5.41, 5.74) is 2.24. The average Bonchev–Trinajstić information content (AvgIpc) is 3.40. The summed E-state index contributed by atoms with van der Waals surface area (Å²) in [7, 11) is 0.